The van der Waals surface area contributed by atoms with Gasteiger partial charge in [-0.1, -0.05) is 0 Å². The average Bonchev–Trinajstić information content (AvgIpc) is 3.21. The molecule has 3 rings (SSSR count). The third-order valence-electron chi connectivity index (χ3n) is 4.86. The number of aromatic nitrogens is 4. The van der Waals surface area contributed by atoms with Crippen molar-refractivity contribution in [1.29, 1.82) is 0 Å². The van der Waals surface area contributed by atoms with Crippen LogP contribution in [0.5, 0.6) is 0 Å². The molecular formula is C18H25N5O3. The highest BCUT2D eigenvalue weighted by atomic mass is 16.5. The largest absolute Gasteiger partial charge is 0.376 e. The average molecular weight is 359 g/mol. The van der Waals surface area contributed by atoms with Crippen LogP contribution in [0, 0.1) is 13.8 Å². The lowest BCUT2D eigenvalue weighted by molar-refractivity contribution is -0.124. The zero-order valence-corrected chi connectivity index (χ0v) is 15.7. The maximum absolute atomic E-state index is 12.5. The van der Waals surface area contributed by atoms with Crippen LogP contribution in [0.1, 0.15) is 37.2 Å². The number of nitrogens with zero attached hydrogens (tertiary/aromatic N) is 4. The fourth-order valence-electron chi connectivity index (χ4n) is 3.26. The Bertz CT molecular complexity index is 864. The van der Waals surface area contributed by atoms with Gasteiger partial charge in [0.25, 0.3) is 5.56 Å². The van der Waals surface area contributed by atoms with Crippen molar-refractivity contribution >= 4 is 5.91 Å². The summed E-state index contributed by atoms with van der Waals surface area (Å²) >= 11 is 0. The summed E-state index contributed by atoms with van der Waals surface area (Å²) in [6.45, 7) is 6.72. The molecule has 8 nitrogen and oxygen atoms in total. The first kappa shape index (κ1) is 18.3. The molecule has 3 heterocycles. The highest BCUT2D eigenvalue weighted by Gasteiger charge is 2.22. The van der Waals surface area contributed by atoms with Gasteiger partial charge in [-0.2, -0.15) is 10.2 Å². The molecule has 1 N–H and O–H groups in total. The number of carbonyl (C=O) groups excluding carboxylic acids is 1. The van der Waals surface area contributed by atoms with E-state index in [1.54, 1.807) is 17.7 Å². The lowest BCUT2D eigenvalue weighted by Crippen LogP contribution is -2.39. The van der Waals surface area contributed by atoms with Gasteiger partial charge in [0.15, 0.2) is 0 Å². The van der Waals surface area contributed by atoms with Gasteiger partial charge in [-0.05, 0) is 39.7 Å². The maximum atomic E-state index is 12.5. The normalized spacial score (nSPS) is 18.1. The molecule has 8 heteroatoms. The molecule has 0 saturated carbocycles. The molecule has 0 bridgehead atoms. The van der Waals surface area contributed by atoms with Crippen LogP contribution in [-0.4, -0.2) is 44.7 Å². The van der Waals surface area contributed by atoms with E-state index in [0.717, 1.165) is 36.4 Å². The Morgan fingerprint density at radius 3 is 2.77 bits per heavy atom. The number of hydrogen-bond acceptors (Lipinski definition) is 5. The van der Waals surface area contributed by atoms with Crippen LogP contribution in [0.25, 0.3) is 11.3 Å². The summed E-state index contributed by atoms with van der Waals surface area (Å²) in [5.41, 5.74) is 2.99. The van der Waals surface area contributed by atoms with Crippen LogP contribution in [0.4, 0.5) is 0 Å². The standard InChI is InChI=1S/C18H25N5O3/c1-11-17(12(2)22(4)20-11)15-7-8-16(24)23(21-15)13(3)18(25)19-10-14-6-5-9-26-14/h7-8,13-14H,5-6,9-10H2,1-4H3,(H,19,25)/t13-,14-/m1/s1. The van der Waals surface area contributed by atoms with E-state index >= 15 is 0 Å². The van der Waals surface area contributed by atoms with E-state index < -0.39 is 6.04 Å². The van der Waals surface area contributed by atoms with Crippen LogP contribution < -0.4 is 10.9 Å². The molecule has 1 saturated heterocycles. The second-order valence-electron chi connectivity index (χ2n) is 6.73. The van der Waals surface area contributed by atoms with Crippen molar-refractivity contribution in [2.24, 2.45) is 7.05 Å². The molecule has 2 aromatic rings. The maximum Gasteiger partial charge on any atom is 0.267 e. The van der Waals surface area contributed by atoms with E-state index in [1.165, 1.54) is 10.7 Å². The lowest BCUT2D eigenvalue weighted by atomic mass is 10.1. The van der Waals surface area contributed by atoms with Crippen LogP contribution in [0.15, 0.2) is 16.9 Å². The first-order chi connectivity index (χ1) is 12.4. The smallest absolute Gasteiger partial charge is 0.267 e. The molecule has 140 valence electrons. The SMILES string of the molecule is Cc1nn(C)c(C)c1-c1ccc(=O)n([C@H](C)C(=O)NC[C@H]2CCCO2)n1. The summed E-state index contributed by atoms with van der Waals surface area (Å²) in [6, 6.07) is 2.41. The zero-order chi connectivity index (χ0) is 18.8. The molecule has 0 aromatic carbocycles. The zero-order valence-electron chi connectivity index (χ0n) is 15.7. The third kappa shape index (κ3) is 3.55. The van der Waals surface area contributed by atoms with Crippen LogP contribution >= 0.6 is 0 Å². The summed E-state index contributed by atoms with van der Waals surface area (Å²) in [7, 11) is 1.86. The number of carbonyl (C=O) groups is 1. The Morgan fingerprint density at radius 1 is 1.38 bits per heavy atom. The Morgan fingerprint density at radius 2 is 2.15 bits per heavy atom. The van der Waals surface area contributed by atoms with Crippen LogP contribution in [0.3, 0.4) is 0 Å². The molecule has 1 fully saturated rings. The van der Waals surface area contributed by atoms with E-state index in [0.29, 0.717) is 12.2 Å². The lowest BCUT2D eigenvalue weighted by Gasteiger charge is -2.16. The van der Waals surface area contributed by atoms with Gasteiger partial charge in [-0.15, -0.1) is 0 Å². The minimum absolute atomic E-state index is 0.0582. The third-order valence-corrected chi connectivity index (χ3v) is 4.86. The Kier molecular flexibility index (Phi) is 5.22. The predicted molar refractivity (Wildman–Crippen MR) is 96.9 cm³/mol. The second kappa shape index (κ2) is 7.41. The van der Waals surface area contributed by atoms with E-state index in [2.05, 4.69) is 15.5 Å². The molecule has 0 radical (unpaired) electrons. The molecule has 0 unspecified atom stereocenters. The van der Waals surface area contributed by atoms with Gasteiger partial charge in [0, 0.05) is 37.5 Å². The van der Waals surface area contributed by atoms with E-state index in [4.69, 9.17) is 4.74 Å². The molecule has 0 spiro atoms. The summed E-state index contributed by atoms with van der Waals surface area (Å²) in [6.07, 6.45) is 2.02. The highest BCUT2D eigenvalue weighted by Crippen LogP contribution is 2.24. The molecule has 1 aliphatic rings. The number of hydrogen-bond donors (Lipinski definition) is 1. The summed E-state index contributed by atoms with van der Waals surface area (Å²) in [5, 5.41) is 11.7. The minimum atomic E-state index is -0.707. The topological polar surface area (TPSA) is 91.0 Å². The van der Waals surface area contributed by atoms with Gasteiger partial charge in [-0.25, -0.2) is 4.68 Å². The quantitative estimate of drug-likeness (QED) is 0.864. The van der Waals surface area contributed by atoms with E-state index in [9.17, 15) is 9.59 Å². The molecule has 1 amide bonds. The van der Waals surface area contributed by atoms with E-state index in [-0.39, 0.29) is 17.6 Å². The van der Waals surface area contributed by atoms with Crippen molar-refractivity contribution in [3.05, 3.63) is 33.9 Å². The van der Waals surface area contributed by atoms with Crippen LogP contribution in [-0.2, 0) is 16.6 Å². The first-order valence-corrected chi connectivity index (χ1v) is 8.88. The van der Waals surface area contributed by atoms with Gasteiger partial charge >= 0.3 is 0 Å². The van der Waals surface area contributed by atoms with Gasteiger partial charge in [0.1, 0.15) is 6.04 Å². The summed E-state index contributed by atoms with van der Waals surface area (Å²) < 4.78 is 8.52. The molecule has 1 aliphatic heterocycles. The molecule has 26 heavy (non-hydrogen) atoms. The van der Waals surface area contributed by atoms with Gasteiger partial charge in [-0.3, -0.25) is 14.3 Å². The van der Waals surface area contributed by atoms with Gasteiger partial charge < -0.3 is 10.1 Å². The van der Waals surface area contributed by atoms with Gasteiger partial charge in [0.2, 0.25) is 5.91 Å². The van der Waals surface area contributed by atoms with Crippen LogP contribution in [0.2, 0.25) is 0 Å². The Balaban J connectivity index is 1.82. The molecule has 2 atom stereocenters. The van der Waals surface area contributed by atoms with Crippen molar-refractivity contribution in [3.8, 4) is 11.3 Å². The minimum Gasteiger partial charge on any atom is -0.376 e. The second-order valence-corrected chi connectivity index (χ2v) is 6.73. The number of ether oxygens (including phenoxy) is 1. The fraction of sp³-hybridized carbons (Fsp3) is 0.556. The Labute approximate surface area is 152 Å². The van der Waals surface area contributed by atoms with Gasteiger partial charge in [0.05, 0.1) is 17.5 Å². The van der Waals surface area contributed by atoms with Crippen molar-refractivity contribution < 1.29 is 9.53 Å². The number of amides is 1. The number of nitrogens with one attached hydrogen (secondary N) is 1. The monoisotopic (exact) mass is 359 g/mol. The van der Waals surface area contributed by atoms with Crippen molar-refractivity contribution in [1.82, 2.24) is 24.9 Å². The molecule has 2 aromatic heterocycles. The molecule has 0 aliphatic carbocycles. The van der Waals surface area contributed by atoms with Crippen molar-refractivity contribution in [3.63, 3.8) is 0 Å². The summed E-state index contributed by atoms with van der Waals surface area (Å²) in [5.74, 6) is -0.244. The summed E-state index contributed by atoms with van der Waals surface area (Å²) in [4.78, 5) is 24.7. The highest BCUT2D eigenvalue weighted by molar-refractivity contribution is 5.79. The van der Waals surface area contributed by atoms with Crippen molar-refractivity contribution in [2.45, 2.75) is 45.8 Å². The fourth-order valence-corrected chi connectivity index (χ4v) is 3.26. The number of aryl methyl sites for hydroxylation is 2. The first-order valence-electron chi connectivity index (χ1n) is 8.88. The molecular weight excluding hydrogens is 334 g/mol. The Hall–Kier alpha value is -2.48. The number of rotatable bonds is 5. The van der Waals surface area contributed by atoms with E-state index in [1.807, 2.05) is 20.9 Å². The van der Waals surface area contributed by atoms with Crippen molar-refractivity contribution in [2.75, 3.05) is 13.2 Å². The predicted octanol–water partition coefficient (Wildman–Crippen LogP) is 1.12.